The number of halogens is 3. The van der Waals surface area contributed by atoms with Crippen molar-refractivity contribution in [2.24, 2.45) is 5.73 Å². The third-order valence-corrected chi connectivity index (χ3v) is 5.25. The first kappa shape index (κ1) is 15.3. The fourth-order valence-electron chi connectivity index (χ4n) is 2.30. The second-order valence-corrected chi connectivity index (χ2v) is 6.56. The van der Waals surface area contributed by atoms with Crippen LogP contribution in [0.2, 0.25) is 0 Å². The summed E-state index contributed by atoms with van der Waals surface area (Å²) in [7, 11) is -4.42. The lowest BCUT2D eigenvalue weighted by Crippen LogP contribution is -2.45. The Labute approximate surface area is 115 Å². The highest BCUT2D eigenvalue weighted by Gasteiger charge is 2.35. The topological polar surface area (TPSA) is 63.4 Å². The van der Waals surface area contributed by atoms with Gasteiger partial charge >= 0.3 is 0 Å². The van der Waals surface area contributed by atoms with Gasteiger partial charge in [-0.3, -0.25) is 0 Å². The highest BCUT2D eigenvalue weighted by atomic mass is 32.2. The molecule has 0 saturated carbocycles. The summed E-state index contributed by atoms with van der Waals surface area (Å²) in [5.41, 5.74) is 5.76. The molecular weight excluding hydrogens is 293 g/mol. The first-order chi connectivity index (χ1) is 9.34. The average Bonchev–Trinajstić information content (AvgIpc) is 2.52. The quantitative estimate of drug-likeness (QED) is 0.908. The molecule has 1 aromatic rings. The first-order valence-corrected chi connectivity index (χ1v) is 7.70. The molecule has 8 heteroatoms. The summed E-state index contributed by atoms with van der Waals surface area (Å²) in [6.45, 7) is 0.0970. The van der Waals surface area contributed by atoms with Crippen LogP contribution in [-0.4, -0.2) is 25.4 Å². The molecule has 1 unspecified atom stereocenters. The minimum atomic E-state index is -4.42. The summed E-state index contributed by atoms with van der Waals surface area (Å²) < 4.78 is 65.8. The Hall–Kier alpha value is -1.12. The van der Waals surface area contributed by atoms with E-state index in [1.165, 1.54) is 0 Å². The molecule has 0 bridgehead atoms. The Kier molecular flexibility index (Phi) is 4.36. The van der Waals surface area contributed by atoms with Crippen LogP contribution in [0.1, 0.15) is 25.7 Å². The van der Waals surface area contributed by atoms with Gasteiger partial charge in [-0.2, -0.15) is 4.31 Å². The lowest BCUT2D eigenvalue weighted by molar-refractivity contribution is 0.325. The van der Waals surface area contributed by atoms with Gasteiger partial charge in [0.1, 0.15) is 17.5 Å². The maximum Gasteiger partial charge on any atom is 0.250 e. The van der Waals surface area contributed by atoms with Crippen LogP contribution in [-0.2, 0) is 10.0 Å². The van der Waals surface area contributed by atoms with Gasteiger partial charge in [-0.05, 0) is 12.8 Å². The van der Waals surface area contributed by atoms with Crippen LogP contribution in [0.15, 0.2) is 17.0 Å². The lowest BCUT2D eigenvalue weighted by atomic mass is 10.2. The minimum Gasteiger partial charge on any atom is -0.315 e. The molecule has 1 heterocycles. The number of hydrogen-bond acceptors (Lipinski definition) is 3. The lowest BCUT2D eigenvalue weighted by Gasteiger charge is -2.26. The van der Waals surface area contributed by atoms with E-state index < -0.39 is 38.5 Å². The molecule has 1 aromatic carbocycles. The van der Waals surface area contributed by atoms with Gasteiger partial charge in [-0.15, -0.1) is 0 Å². The van der Waals surface area contributed by atoms with Gasteiger partial charge in [0.2, 0.25) is 10.0 Å². The Bertz CT molecular complexity index is 584. The van der Waals surface area contributed by atoms with Crippen molar-refractivity contribution in [1.29, 1.82) is 0 Å². The normalized spacial score (nSPS) is 21.7. The molecule has 20 heavy (non-hydrogen) atoms. The summed E-state index contributed by atoms with van der Waals surface area (Å²) in [6.07, 6.45) is 1.71. The monoisotopic (exact) mass is 308 g/mol. The number of nitrogens with zero attached hydrogens (tertiary/aromatic N) is 1. The number of benzene rings is 1. The van der Waals surface area contributed by atoms with Crippen LogP contribution in [0.4, 0.5) is 13.2 Å². The van der Waals surface area contributed by atoms with E-state index in [4.69, 9.17) is 5.73 Å². The number of sulfonamides is 1. The average molecular weight is 308 g/mol. The van der Waals surface area contributed by atoms with Crippen LogP contribution in [0.3, 0.4) is 0 Å². The van der Waals surface area contributed by atoms with E-state index in [-0.39, 0.29) is 6.54 Å². The molecule has 112 valence electrons. The molecule has 1 saturated heterocycles. The molecule has 0 spiro atoms. The van der Waals surface area contributed by atoms with Crippen molar-refractivity contribution in [3.63, 3.8) is 0 Å². The zero-order valence-electron chi connectivity index (χ0n) is 10.7. The van der Waals surface area contributed by atoms with Crippen molar-refractivity contribution >= 4 is 10.0 Å². The van der Waals surface area contributed by atoms with Crippen molar-refractivity contribution in [1.82, 2.24) is 4.31 Å². The van der Waals surface area contributed by atoms with E-state index in [0.717, 1.165) is 17.1 Å². The Balaban J connectivity index is 2.49. The van der Waals surface area contributed by atoms with E-state index in [0.29, 0.717) is 25.0 Å². The van der Waals surface area contributed by atoms with E-state index in [1.807, 2.05) is 0 Å². The van der Waals surface area contributed by atoms with Crippen LogP contribution < -0.4 is 5.73 Å². The van der Waals surface area contributed by atoms with Crippen molar-refractivity contribution in [2.75, 3.05) is 6.54 Å². The molecule has 1 aliphatic heterocycles. The van der Waals surface area contributed by atoms with Crippen molar-refractivity contribution < 1.29 is 21.6 Å². The summed E-state index contributed by atoms with van der Waals surface area (Å²) in [6, 6.07) is 0.693. The van der Waals surface area contributed by atoms with Gasteiger partial charge in [0.15, 0.2) is 4.90 Å². The van der Waals surface area contributed by atoms with Crippen molar-refractivity contribution in [2.45, 2.75) is 36.7 Å². The van der Waals surface area contributed by atoms with Gasteiger partial charge in [0.05, 0.1) is 6.17 Å². The number of hydrogen-bond donors (Lipinski definition) is 1. The molecule has 1 fully saturated rings. The number of rotatable bonds is 2. The van der Waals surface area contributed by atoms with Gasteiger partial charge in [-0.1, -0.05) is 12.8 Å². The molecule has 1 aliphatic rings. The molecule has 0 amide bonds. The molecule has 4 nitrogen and oxygen atoms in total. The van der Waals surface area contributed by atoms with Crippen molar-refractivity contribution in [3.05, 3.63) is 29.6 Å². The Morgan fingerprint density at radius 1 is 1.10 bits per heavy atom. The second kappa shape index (κ2) is 5.71. The van der Waals surface area contributed by atoms with Crippen LogP contribution in [0, 0.1) is 17.5 Å². The predicted molar refractivity (Wildman–Crippen MR) is 66.7 cm³/mol. The van der Waals surface area contributed by atoms with E-state index in [2.05, 4.69) is 0 Å². The summed E-state index contributed by atoms with van der Waals surface area (Å²) >= 11 is 0. The second-order valence-electron chi connectivity index (χ2n) is 4.73. The fraction of sp³-hybridized carbons (Fsp3) is 0.500. The molecule has 1 atom stereocenters. The third-order valence-electron chi connectivity index (χ3n) is 3.28. The highest BCUT2D eigenvalue weighted by molar-refractivity contribution is 7.89. The Morgan fingerprint density at radius 2 is 1.70 bits per heavy atom. The van der Waals surface area contributed by atoms with Gasteiger partial charge in [0, 0.05) is 18.7 Å². The maximum absolute atomic E-state index is 13.7. The molecular formula is C12H15F3N2O2S. The van der Waals surface area contributed by atoms with Gasteiger partial charge in [0.25, 0.3) is 0 Å². The first-order valence-electron chi connectivity index (χ1n) is 6.26. The van der Waals surface area contributed by atoms with Gasteiger partial charge < -0.3 is 5.73 Å². The molecule has 2 rings (SSSR count). The summed E-state index contributed by atoms with van der Waals surface area (Å²) in [4.78, 5) is -1.14. The maximum atomic E-state index is 13.7. The zero-order valence-corrected chi connectivity index (χ0v) is 11.5. The summed E-state index contributed by atoms with van der Waals surface area (Å²) in [5, 5.41) is 0. The molecule has 0 radical (unpaired) electrons. The standard InChI is InChI=1S/C12H15F3N2O2S/c13-8-6-9(14)12(10(15)7-8)20(18,19)17-5-3-1-2-4-11(17)16/h6-7,11H,1-5,16H2. The smallest absolute Gasteiger partial charge is 0.250 e. The van der Waals surface area contributed by atoms with Crippen LogP contribution >= 0.6 is 0 Å². The van der Waals surface area contributed by atoms with Crippen LogP contribution in [0.25, 0.3) is 0 Å². The van der Waals surface area contributed by atoms with Crippen LogP contribution in [0.5, 0.6) is 0 Å². The van der Waals surface area contributed by atoms with E-state index in [1.54, 1.807) is 0 Å². The molecule has 0 aromatic heterocycles. The van der Waals surface area contributed by atoms with E-state index >= 15 is 0 Å². The zero-order chi connectivity index (χ0) is 14.9. The largest absolute Gasteiger partial charge is 0.315 e. The predicted octanol–water partition coefficient (Wildman–Crippen LogP) is 1.95. The van der Waals surface area contributed by atoms with Crippen molar-refractivity contribution in [3.8, 4) is 0 Å². The minimum absolute atomic E-state index is 0.0970. The Morgan fingerprint density at radius 3 is 2.30 bits per heavy atom. The summed E-state index contributed by atoms with van der Waals surface area (Å²) in [5.74, 6) is -4.06. The third kappa shape index (κ3) is 2.82. The molecule has 0 aliphatic carbocycles. The molecule has 2 N–H and O–H groups in total. The number of nitrogens with two attached hydrogens (primary N) is 1. The SMILES string of the molecule is NC1CCCCCN1S(=O)(=O)c1c(F)cc(F)cc1F. The fourth-order valence-corrected chi connectivity index (χ4v) is 3.98. The van der Waals surface area contributed by atoms with Gasteiger partial charge in [-0.25, -0.2) is 21.6 Å². The van der Waals surface area contributed by atoms with E-state index in [9.17, 15) is 21.6 Å². The highest BCUT2D eigenvalue weighted by Crippen LogP contribution is 2.27.